The van der Waals surface area contributed by atoms with E-state index in [0.29, 0.717) is 13.2 Å². The second-order valence-electron chi connectivity index (χ2n) is 8.39. The van der Waals surface area contributed by atoms with Crippen molar-refractivity contribution in [2.24, 2.45) is 5.41 Å². The summed E-state index contributed by atoms with van der Waals surface area (Å²) < 4.78 is 16.5. The lowest BCUT2D eigenvalue weighted by molar-refractivity contribution is -0.205. The maximum atomic E-state index is 11.8. The van der Waals surface area contributed by atoms with Crippen LogP contribution in [0.25, 0.3) is 0 Å². The molecule has 1 saturated heterocycles. The highest BCUT2D eigenvalue weighted by atomic mass is 16.6. The van der Waals surface area contributed by atoms with Crippen LogP contribution in [0.4, 0.5) is 0 Å². The third-order valence-corrected chi connectivity index (χ3v) is 4.26. The minimum atomic E-state index is -1.33. The molecule has 5 unspecified atom stereocenters. The van der Waals surface area contributed by atoms with Crippen molar-refractivity contribution in [2.45, 2.75) is 64.6 Å². The fourth-order valence-electron chi connectivity index (χ4n) is 2.84. The van der Waals surface area contributed by atoms with E-state index in [-0.39, 0.29) is 37.5 Å². The Morgan fingerprint density at radius 3 is 2.34 bits per heavy atom. The van der Waals surface area contributed by atoms with Crippen LogP contribution in [0.5, 0.6) is 0 Å². The summed E-state index contributed by atoms with van der Waals surface area (Å²) in [6.07, 6.45) is -4.10. The summed E-state index contributed by atoms with van der Waals surface area (Å²) in [4.78, 5) is 23.1. The Labute approximate surface area is 171 Å². The number of hydrogen-bond donors (Lipinski definition) is 5. The Morgan fingerprint density at radius 1 is 1.07 bits per heavy atom. The quantitative estimate of drug-likeness (QED) is 0.255. The molecule has 0 aliphatic carbocycles. The number of aliphatic hydroxyl groups excluding tert-OH is 3. The summed E-state index contributed by atoms with van der Waals surface area (Å²) in [7, 11) is 0. The van der Waals surface area contributed by atoms with Crippen LogP contribution in [-0.4, -0.2) is 97.2 Å². The predicted octanol–water partition coefficient (Wildman–Crippen LogP) is -1.44. The molecular weight excluding hydrogens is 384 g/mol. The number of aliphatic hydroxyl groups is 3. The Hall–Kier alpha value is -1.30. The topological polar surface area (TPSA) is 147 Å². The minimum Gasteiger partial charge on any atom is -0.394 e. The van der Waals surface area contributed by atoms with E-state index in [9.17, 15) is 24.9 Å². The number of nitrogens with one attached hydrogen (secondary N) is 2. The molecule has 1 heterocycles. The Kier molecular flexibility index (Phi) is 11.0. The zero-order valence-corrected chi connectivity index (χ0v) is 17.7. The van der Waals surface area contributed by atoms with Gasteiger partial charge in [-0.25, -0.2) is 0 Å². The lowest BCUT2D eigenvalue weighted by atomic mass is 9.93. The highest BCUT2D eigenvalue weighted by Crippen LogP contribution is 2.21. The molecule has 1 aliphatic rings. The van der Waals surface area contributed by atoms with Crippen LogP contribution in [0, 0.1) is 5.41 Å². The van der Waals surface area contributed by atoms with Crippen molar-refractivity contribution in [3.8, 4) is 0 Å². The molecule has 29 heavy (non-hydrogen) atoms. The summed E-state index contributed by atoms with van der Waals surface area (Å²) >= 11 is 0. The number of hydrogen-bond acceptors (Lipinski definition) is 8. The highest BCUT2D eigenvalue weighted by molar-refractivity contribution is 5.75. The van der Waals surface area contributed by atoms with Crippen LogP contribution in [0.3, 0.4) is 0 Å². The summed E-state index contributed by atoms with van der Waals surface area (Å²) in [6.45, 7) is 8.39. The van der Waals surface area contributed by atoms with Crippen molar-refractivity contribution in [1.82, 2.24) is 10.6 Å². The van der Waals surface area contributed by atoms with E-state index in [2.05, 4.69) is 31.4 Å². The van der Waals surface area contributed by atoms with Gasteiger partial charge in [-0.05, 0) is 5.41 Å². The average Bonchev–Trinajstić information content (AvgIpc) is 2.63. The first-order chi connectivity index (χ1) is 13.5. The van der Waals surface area contributed by atoms with Gasteiger partial charge in [0.25, 0.3) is 0 Å². The molecule has 5 N–H and O–H groups in total. The van der Waals surface area contributed by atoms with Crippen molar-refractivity contribution in [3.63, 3.8) is 0 Å². The summed E-state index contributed by atoms with van der Waals surface area (Å²) in [5.41, 5.74) is 0.0548. The maximum absolute atomic E-state index is 11.8. The lowest BCUT2D eigenvalue weighted by Gasteiger charge is -2.42. The molecule has 170 valence electrons. The van der Waals surface area contributed by atoms with Crippen LogP contribution in [0.1, 0.15) is 34.1 Å². The van der Waals surface area contributed by atoms with Crippen LogP contribution < -0.4 is 10.6 Å². The van der Waals surface area contributed by atoms with E-state index in [4.69, 9.17) is 14.2 Å². The molecule has 0 aromatic carbocycles. The van der Waals surface area contributed by atoms with Gasteiger partial charge >= 0.3 is 0 Å². The van der Waals surface area contributed by atoms with Crippen LogP contribution in [-0.2, 0) is 23.8 Å². The second kappa shape index (κ2) is 12.4. The molecule has 1 fully saturated rings. The van der Waals surface area contributed by atoms with E-state index in [1.807, 2.05) is 0 Å². The molecule has 0 saturated carbocycles. The van der Waals surface area contributed by atoms with E-state index >= 15 is 0 Å². The third kappa shape index (κ3) is 9.83. The first-order valence-corrected chi connectivity index (χ1v) is 9.87. The molecule has 0 radical (unpaired) electrons. The first kappa shape index (κ1) is 25.7. The highest BCUT2D eigenvalue weighted by Gasteiger charge is 2.44. The van der Waals surface area contributed by atoms with Gasteiger partial charge in [0.1, 0.15) is 24.4 Å². The van der Waals surface area contributed by atoms with E-state index in [1.165, 1.54) is 6.92 Å². The van der Waals surface area contributed by atoms with Crippen molar-refractivity contribution in [2.75, 3.05) is 39.6 Å². The van der Waals surface area contributed by atoms with E-state index < -0.39 is 43.0 Å². The molecule has 0 aromatic heterocycles. The molecule has 1 rings (SSSR count). The molecule has 0 aromatic rings. The number of carbonyl (C=O) groups is 2. The Morgan fingerprint density at radius 2 is 1.76 bits per heavy atom. The zero-order chi connectivity index (χ0) is 22.0. The summed E-state index contributed by atoms with van der Waals surface area (Å²) in [5.74, 6) is -0.537. The van der Waals surface area contributed by atoms with Crippen molar-refractivity contribution >= 4 is 11.8 Å². The average molecular weight is 421 g/mol. The van der Waals surface area contributed by atoms with Crippen molar-refractivity contribution < 1.29 is 39.1 Å². The minimum absolute atomic E-state index is 0.00971. The number of ether oxygens (including phenoxy) is 3. The van der Waals surface area contributed by atoms with Gasteiger partial charge in [0.2, 0.25) is 11.8 Å². The molecule has 2 amide bonds. The number of amides is 2. The van der Waals surface area contributed by atoms with Gasteiger partial charge < -0.3 is 40.2 Å². The largest absolute Gasteiger partial charge is 0.394 e. The summed E-state index contributed by atoms with van der Waals surface area (Å²) in [6, 6.07) is -0.875. The summed E-state index contributed by atoms with van der Waals surface area (Å²) in [5, 5.41) is 34.7. The standard InChI is InChI=1S/C19H36N2O8/c1-12(23)21-16-14(29-13(9-22)17(25)18(16)26)10-27-8-6-20-15(24)5-7-28-11-19(2,3)4/h13-14,16-18,22,25-26H,5-11H2,1-4H3,(H,20,24)(H,21,23). The van der Waals surface area contributed by atoms with Gasteiger partial charge in [0.05, 0.1) is 39.1 Å². The lowest BCUT2D eigenvalue weighted by Crippen LogP contribution is -2.65. The maximum Gasteiger partial charge on any atom is 0.222 e. The smallest absolute Gasteiger partial charge is 0.222 e. The third-order valence-electron chi connectivity index (χ3n) is 4.26. The van der Waals surface area contributed by atoms with Gasteiger partial charge in [-0.3, -0.25) is 9.59 Å². The van der Waals surface area contributed by atoms with E-state index in [0.717, 1.165) is 0 Å². The molecule has 5 atom stereocenters. The SMILES string of the molecule is CC(=O)NC1C(COCCNC(=O)CCOCC(C)(C)C)OC(CO)C(O)C1O. The first-order valence-electron chi connectivity index (χ1n) is 9.87. The molecule has 1 aliphatic heterocycles. The molecule has 10 nitrogen and oxygen atoms in total. The van der Waals surface area contributed by atoms with Gasteiger partial charge in [-0.2, -0.15) is 0 Å². The fraction of sp³-hybridized carbons (Fsp3) is 0.895. The molecule has 0 bridgehead atoms. The number of carbonyl (C=O) groups excluding carboxylic acids is 2. The molecule has 10 heteroatoms. The monoisotopic (exact) mass is 420 g/mol. The Balaban J connectivity index is 2.31. The molecular formula is C19H36N2O8. The molecule has 0 spiro atoms. The normalized spacial score (nSPS) is 27.5. The predicted molar refractivity (Wildman–Crippen MR) is 104 cm³/mol. The fourth-order valence-corrected chi connectivity index (χ4v) is 2.84. The van der Waals surface area contributed by atoms with Gasteiger partial charge in [-0.15, -0.1) is 0 Å². The second-order valence-corrected chi connectivity index (χ2v) is 8.39. The van der Waals surface area contributed by atoms with Crippen LogP contribution in [0.15, 0.2) is 0 Å². The van der Waals surface area contributed by atoms with Crippen LogP contribution >= 0.6 is 0 Å². The van der Waals surface area contributed by atoms with E-state index in [1.54, 1.807) is 0 Å². The van der Waals surface area contributed by atoms with Crippen molar-refractivity contribution in [1.29, 1.82) is 0 Å². The van der Waals surface area contributed by atoms with Gasteiger partial charge in [0, 0.05) is 19.9 Å². The van der Waals surface area contributed by atoms with Crippen molar-refractivity contribution in [3.05, 3.63) is 0 Å². The van der Waals surface area contributed by atoms with Gasteiger partial charge in [0.15, 0.2) is 0 Å². The Bertz CT molecular complexity index is 511. The number of rotatable bonds is 11. The van der Waals surface area contributed by atoms with Gasteiger partial charge in [-0.1, -0.05) is 20.8 Å². The van der Waals surface area contributed by atoms with Crippen LogP contribution in [0.2, 0.25) is 0 Å². The zero-order valence-electron chi connectivity index (χ0n) is 17.7.